The summed E-state index contributed by atoms with van der Waals surface area (Å²) in [6.45, 7) is 14.5. The number of rotatable bonds is 12. The number of ether oxygens (including phenoxy) is 2. The van der Waals surface area contributed by atoms with Gasteiger partial charge in [0.05, 0.1) is 0 Å². The topological polar surface area (TPSA) is 210 Å². The van der Waals surface area contributed by atoms with Gasteiger partial charge in [0.2, 0.25) is 17.6 Å². The fourth-order valence-corrected chi connectivity index (χ4v) is 7.82. The molecule has 1 atom stereocenters. The van der Waals surface area contributed by atoms with Gasteiger partial charge in [-0.05, 0) is 157 Å². The average Bonchev–Trinajstić information content (AvgIpc) is 3.78. The second-order valence-corrected chi connectivity index (χ2v) is 18.6. The van der Waals surface area contributed by atoms with Gasteiger partial charge in [0.1, 0.15) is 17.2 Å². The molecular formula is C47H61N9O7. The molecule has 2 fully saturated rings. The van der Waals surface area contributed by atoms with E-state index in [4.69, 9.17) is 9.47 Å². The Morgan fingerprint density at radius 1 is 0.810 bits per heavy atom. The van der Waals surface area contributed by atoms with Crippen molar-refractivity contribution in [3.05, 3.63) is 83.4 Å². The smallest absolute Gasteiger partial charge is 0.410 e. The number of aryl methyl sites for hydroxylation is 1. The maximum absolute atomic E-state index is 13.9. The normalized spacial score (nSPS) is 17.5. The van der Waals surface area contributed by atoms with E-state index in [9.17, 15) is 24.0 Å². The number of H-pyrrole nitrogens is 1. The summed E-state index contributed by atoms with van der Waals surface area (Å²) in [7, 11) is 0. The highest BCUT2D eigenvalue weighted by atomic mass is 16.6. The van der Waals surface area contributed by atoms with Crippen molar-refractivity contribution < 1.29 is 33.4 Å². The van der Waals surface area contributed by atoms with E-state index in [-0.39, 0.29) is 48.1 Å². The summed E-state index contributed by atoms with van der Waals surface area (Å²) < 4.78 is 10.9. The summed E-state index contributed by atoms with van der Waals surface area (Å²) in [6.07, 6.45) is 3.51. The number of aromatic nitrogens is 4. The van der Waals surface area contributed by atoms with E-state index in [2.05, 4.69) is 41.9 Å². The molecular weight excluding hydrogens is 803 g/mol. The lowest BCUT2D eigenvalue weighted by Gasteiger charge is -2.33. The van der Waals surface area contributed by atoms with E-state index < -0.39 is 23.3 Å². The molecule has 4 aromatic rings. The lowest BCUT2D eigenvalue weighted by atomic mass is 9.81. The quantitative estimate of drug-likeness (QED) is 0.0988. The van der Waals surface area contributed by atoms with Crippen molar-refractivity contribution in [2.24, 2.45) is 11.8 Å². The van der Waals surface area contributed by atoms with Crippen LogP contribution in [0.3, 0.4) is 0 Å². The van der Waals surface area contributed by atoms with Crippen LogP contribution in [0.25, 0.3) is 22.5 Å². The van der Waals surface area contributed by atoms with Gasteiger partial charge in [-0.3, -0.25) is 14.4 Å². The number of hydrogen-bond acceptors (Lipinski definition) is 10. The number of likely N-dealkylation sites (tertiary alicyclic amines) is 1. The predicted molar refractivity (Wildman–Crippen MR) is 238 cm³/mol. The van der Waals surface area contributed by atoms with Crippen LogP contribution in [0.4, 0.5) is 15.3 Å². The Bertz CT molecular complexity index is 2200. The molecule has 5 amide bonds. The van der Waals surface area contributed by atoms with Gasteiger partial charge < -0.3 is 35.6 Å². The maximum atomic E-state index is 13.9. The Morgan fingerprint density at radius 2 is 1.46 bits per heavy atom. The van der Waals surface area contributed by atoms with Crippen LogP contribution in [0.15, 0.2) is 66.7 Å². The molecule has 0 spiro atoms. The number of nitrogens with one attached hydrogen (secondary N) is 5. The number of carbonyl (C=O) groups is 5. The van der Waals surface area contributed by atoms with E-state index in [1.807, 2.05) is 90.9 Å². The van der Waals surface area contributed by atoms with Crippen molar-refractivity contribution in [1.29, 1.82) is 0 Å². The van der Waals surface area contributed by atoms with Gasteiger partial charge in [-0.15, -0.1) is 10.2 Å². The minimum Gasteiger partial charge on any atom is -0.444 e. The lowest BCUT2D eigenvalue weighted by molar-refractivity contribution is -0.130. The van der Waals surface area contributed by atoms with Gasteiger partial charge in [-0.2, -0.15) is 5.21 Å². The molecule has 2 heterocycles. The summed E-state index contributed by atoms with van der Waals surface area (Å²) in [5.74, 6) is -0.340. The molecule has 1 saturated heterocycles. The number of aromatic amines is 1. The molecule has 2 aliphatic rings. The molecule has 336 valence electrons. The maximum Gasteiger partial charge on any atom is 0.410 e. The summed E-state index contributed by atoms with van der Waals surface area (Å²) in [5.41, 5.74) is 4.30. The van der Waals surface area contributed by atoms with E-state index in [0.29, 0.717) is 62.4 Å². The van der Waals surface area contributed by atoms with Gasteiger partial charge in [-0.25, -0.2) is 9.59 Å². The van der Waals surface area contributed by atoms with Crippen molar-refractivity contribution in [3.63, 3.8) is 0 Å². The number of amides is 5. The zero-order valence-corrected chi connectivity index (χ0v) is 37.4. The molecule has 0 unspecified atom stereocenters. The minimum absolute atomic E-state index is 0.0647. The number of anilines is 1. The van der Waals surface area contributed by atoms with Crippen molar-refractivity contribution in [3.8, 4) is 22.5 Å². The largest absolute Gasteiger partial charge is 0.444 e. The Morgan fingerprint density at radius 3 is 2.08 bits per heavy atom. The Hall–Kier alpha value is -6.32. The van der Waals surface area contributed by atoms with Crippen LogP contribution in [0.1, 0.15) is 102 Å². The van der Waals surface area contributed by atoms with Gasteiger partial charge >= 0.3 is 12.2 Å². The predicted octanol–water partition coefficient (Wildman–Crippen LogP) is 6.97. The third kappa shape index (κ3) is 13.6. The molecule has 1 saturated carbocycles. The number of tetrazole rings is 1. The van der Waals surface area contributed by atoms with Gasteiger partial charge in [0.25, 0.3) is 5.91 Å². The molecule has 1 aromatic heterocycles. The van der Waals surface area contributed by atoms with E-state index >= 15 is 0 Å². The van der Waals surface area contributed by atoms with Gasteiger partial charge in [-0.1, -0.05) is 30.3 Å². The zero-order chi connectivity index (χ0) is 45.3. The summed E-state index contributed by atoms with van der Waals surface area (Å²) in [4.78, 5) is 67.6. The summed E-state index contributed by atoms with van der Waals surface area (Å²) in [6, 6.07) is 19.5. The third-order valence-electron chi connectivity index (χ3n) is 11.2. The zero-order valence-electron chi connectivity index (χ0n) is 37.4. The third-order valence-corrected chi connectivity index (χ3v) is 11.2. The number of hydrogen-bond donors (Lipinski definition) is 5. The molecule has 6 rings (SSSR count). The first-order valence-corrected chi connectivity index (χ1v) is 21.8. The van der Waals surface area contributed by atoms with Crippen LogP contribution in [0.5, 0.6) is 0 Å². The first kappa shape index (κ1) is 46.2. The Labute approximate surface area is 369 Å². The molecule has 1 aliphatic heterocycles. The van der Waals surface area contributed by atoms with Crippen LogP contribution in [-0.4, -0.2) is 98.4 Å². The fourth-order valence-electron chi connectivity index (χ4n) is 7.82. The summed E-state index contributed by atoms with van der Waals surface area (Å²) in [5, 5.41) is 26.1. The fraction of sp³-hybridized carbons (Fsp3) is 0.489. The monoisotopic (exact) mass is 863 g/mol. The molecule has 0 bridgehead atoms. The molecule has 5 N–H and O–H groups in total. The van der Waals surface area contributed by atoms with Crippen LogP contribution in [0.2, 0.25) is 0 Å². The Kier molecular flexibility index (Phi) is 14.8. The van der Waals surface area contributed by atoms with Crippen molar-refractivity contribution in [1.82, 2.24) is 41.5 Å². The van der Waals surface area contributed by atoms with Gasteiger partial charge in [0.15, 0.2) is 0 Å². The highest BCUT2D eigenvalue weighted by Gasteiger charge is 2.31. The van der Waals surface area contributed by atoms with Crippen molar-refractivity contribution >= 4 is 35.6 Å². The SMILES string of the molecule is Cc1ccc(C(=O)NC2CCN(C(=O)OC(C)(C)C)CC2)cc1-c1ccc(C[C@H](NC(=O)C2CCC(CNC(=O)OC(C)(C)C)CC2)C(=O)Nc2ccc(-c3nn[nH]n3)cc2)cc1. The number of nitrogens with zero attached hydrogens (tertiary/aromatic N) is 4. The average molecular weight is 864 g/mol. The summed E-state index contributed by atoms with van der Waals surface area (Å²) >= 11 is 0. The second-order valence-electron chi connectivity index (χ2n) is 18.6. The van der Waals surface area contributed by atoms with Crippen LogP contribution in [-0.2, 0) is 25.5 Å². The van der Waals surface area contributed by atoms with Crippen LogP contribution >= 0.6 is 0 Å². The number of alkyl carbamates (subject to hydrolysis) is 1. The first-order valence-electron chi connectivity index (χ1n) is 21.8. The molecule has 3 aromatic carbocycles. The van der Waals surface area contributed by atoms with Crippen molar-refractivity contribution in [2.45, 2.75) is 117 Å². The van der Waals surface area contributed by atoms with E-state index in [1.54, 1.807) is 29.2 Å². The Balaban J connectivity index is 1.09. The first-order chi connectivity index (χ1) is 29.9. The van der Waals surface area contributed by atoms with E-state index in [1.165, 1.54) is 0 Å². The minimum atomic E-state index is -0.878. The molecule has 16 heteroatoms. The van der Waals surface area contributed by atoms with Crippen LogP contribution in [0, 0.1) is 18.8 Å². The highest BCUT2D eigenvalue weighted by molar-refractivity contribution is 5.98. The number of carbonyl (C=O) groups excluding carboxylic acids is 5. The second kappa shape index (κ2) is 20.2. The van der Waals surface area contributed by atoms with Crippen molar-refractivity contribution in [2.75, 3.05) is 25.0 Å². The highest BCUT2D eigenvalue weighted by Crippen LogP contribution is 2.30. The molecule has 63 heavy (non-hydrogen) atoms. The lowest BCUT2D eigenvalue weighted by Crippen LogP contribution is -2.48. The van der Waals surface area contributed by atoms with E-state index in [0.717, 1.165) is 40.7 Å². The van der Waals surface area contributed by atoms with Crippen LogP contribution < -0.4 is 21.3 Å². The molecule has 1 aliphatic carbocycles. The molecule has 0 radical (unpaired) electrons. The standard InChI is InChI=1S/C47H61N9O7/c1-29-8-13-35(42(58)49-37-22-24-56(25-23-37)45(61)63-47(5,6)7)27-38(29)32-14-9-30(10-15-32)26-39(43(59)50-36-20-18-33(19-21-36)40-52-54-55-53-40)51-41(57)34-16-11-31(12-17-34)28-48-44(60)62-46(2,3)4/h8-10,13-15,18-21,27,31,34,37,39H,11-12,16-17,22-26,28H2,1-7H3,(H,48,60)(H,49,58)(H,50,59)(H,51,57)(H,52,53,54,55)/t31?,34?,39-/m0/s1. The molecule has 16 nitrogen and oxygen atoms in total. The van der Waals surface area contributed by atoms with Gasteiger partial charge in [0, 0.05) is 54.8 Å². The number of piperidine rings is 1. The number of benzene rings is 3.